The van der Waals surface area contributed by atoms with E-state index in [9.17, 15) is 9.59 Å². The predicted molar refractivity (Wildman–Crippen MR) is 134 cm³/mol. The van der Waals surface area contributed by atoms with Crippen molar-refractivity contribution in [1.82, 2.24) is 0 Å². The van der Waals surface area contributed by atoms with Crippen LogP contribution in [0.2, 0.25) is 5.02 Å². The molecule has 1 aliphatic rings. The van der Waals surface area contributed by atoms with E-state index in [1.807, 2.05) is 42.5 Å². The largest absolute Gasteiger partial charge is 0.484 e. The first-order valence-corrected chi connectivity index (χ1v) is 11.2. The normalized spacial score (nSPS) is 14.7. The Morgan fingerprint density at radius 1 is 1.03 bits per heavy atom. The molecule has 8 heteroatoms. The van der Waals surface area contributed by atoms with E-state index in [1.54, 1.807) is 42.5 Å². The SMILES string of the molecule is O=C(COc1ccc(/C=C2\SC(=S)N(c3ccc(Cl)cc3)C2=O)cc1)Nc1ccccc1. The van der Waals surface area contributed by atoms with Gasteiger partial charge in [0.2, 0.25) is 0 Å². The zero-order valence-corrected chi connectivity index (χ0v) is 19.0. The maximum Gasteiger partial charge on any atom is 0.270 e. The van der Waals surface area contributed by atoms with Crippen LogP contribution in [0.15, 0.2) is 83.8 Å². The van der Waals surface area contributed by atoms with Gasteiger partial charge in [-0.15, -0.1) is 0 Å². The molecule has 0 aromatic heterocycles. The van der Waals surface area contributed by atoms with Crippen molar-refractivity contribution in [1.29, 1.82) is 0 Å². The summed E-state index contributed by atoms with van der Waals surface area (Å²) in [6.45, 7) is -0.103. The first-order chi connectivity index (χ1) is 15.5. The number of carbonyl (C=O) groups excluding carboxylic acids is 2. The van der Waals surface area contributed by atoms with Gasteiger partial charge in [-0.3, -0.25) is 14.5 Å². The smallest absolute Gasteiger partial charge is 0.270 e. The number of rotatable bonds is 6. The summed E-state index contributed by atoms with van der Waals surface area (Å²) in [5.74, 6) is 0.130. The summed E-state index contributed by atoms with van der Waals surface area (Å²) >= 11 is 12.6. The summed E-state index contributed by atoms with van der Waals surface area (Å²) < 4.78 is 6.01. The third-order valence-corrected chi connectivity index (χ3v) is 6.04. The zero-order chi connectivity index (χ0) is 22.5. The molecule has 0 aliphatic carbocycles. The van der Waals surface area contributed by atoms with Crippen LogP contribution in [0.25, 0.3) is 6.08 Å². The Morgan fingerprint density at radius 2 is 1.72 bits per heavy atom. The Hall–Kier alpha value is -3.13. The summed E-state index contributed by atoms with van der Waals surface area (Å²) in [6.07, 6.45) is 1.78. The van der Waals surface area contributed by atoms with Gasteiger partial charge < -0.3 is 10.1 Å². The van der Waals surface area contributed by atoms with Crippen LogP contribution in [0.1, 0.15) is 5.56 Å². The second kappa shape index (κ2) is 9.99. The lowest BCUT2D eigenvalue weighted by molar-refractivity contribution is -0.118. The first-order valence-electron chi connectivity index (χ1n) is 9.61. The van der Waals surface area contributed by atoms with Gasteiger partial charge in [0, 0.05) is 10.7 Å². The molecule has 1 aliphatic heterocycles. The van der Waals surface area contributed by atoms with Gasteiger partial charge in [-0.05, 0) is 60.2 Å². The molecule has 4 rings (SSSR count). The highest BCUT2D eigenvalue weighted by Crippen LogP contribution is 2.36. The quantitative estimate of drug-likeness (QED) is 0.359. The van der Waals surface area contributed by atoms with Gasteiger partial charge in [-0.2, -0.15) is 0 Å². The molecule has 3 aromatic carbocycles. The lowest BCUT2D eigenvalue weighted by Gasteiger charge is -2.14. The molecule has 0 saturated carbocycles. The van der Waals surface area contributed by atoms with E-state index < -0.39 is 0 Å². The van der Waals surface area contributed by atoms with E-state index in [0.29, 0.717) is 31.4 Å². The second-order valence-electron chi connectivity index (χ2n) is 6.77. The number of hydrogen-bond acceptors (Lipinski definition) is 5. The van der Waals surface area contributed by atoms with Crippen molar-refractivity contribution in [2.45, 2.75) is 0 Å². The lowest BCUT2D eigenvalue weighted by atomic mass is 10.2. The highest BCUT2D eigenvalue weighted by Gasteiger charge is 2.33. The first kappa shape index (κ1) is 22.1. The highest BCUT2D eigenvalue weighted by atomic mass is 35.5. The number of benzene rings is 3. The molecule has 1 heterocycles. The summed E-state index contributed by atoms with van der Waals surface area (Å²) in [4.78, 5) is 26.9. The zero-order valence-electron chi connectivity index (χ0n) is 16.7. The van der Waals surface area contributed by atoms with Gasteiger partial charge in [-0.25, -0.2) is 0 Å². The standard InChI is InChI=1S/C24H17ClN2O3S2/c25-17-8-10-19(11-9-17)27-23(29)21(32-24(27)31)14-16-6-12-20(13-7-16)30-15-22(28)26-18-4-2-1-3-5-18/h1-14H,15H2,(H,26,28)/b21-14-. The molecule has 2 amide bonds. The second-order valence-corrected chi connectivity index (χ2v) is 8.88. The van der Waals surface area contributed by atoms with E-state index in [0.717, 1.165) is 5.56 Å². The summed E-state index contributed by atoms with van der Waals surface area (Å²) in [7, 11) is 0. The number of nitrogens with one attached hydrogen (secondary N) is 1. The van der Waals surface area contributed by atoms with Crippen LogP contribution < -0.4 is 15.0 Å². The van der Waals surface area contributed by atoms with Crippen molar-refractivity contribution in [2.24, 2.45) is 0 Å². The van der Waals surface area contributed by atoms with Gasteiger partial charge in [0.1, 0.15) is 5.75 Å². The molecule has 0 spiro atoms. The monoisotopic (exact) mass is 480 g/mol. The van der Waals surface area contributed by atoms with Crippen molar-refractivity contribution in [2.75, 3.05) is 16.8 Å². The summed E-state index contributed by atoms with van der Waals surface area (Å²) in [6, 6.07) is 23.3. The molecule has 3 aromatic rings. The van der Waals surface area contributed by atoms with Crippen molar-refractivity contribution in [3.8, 4) is 5.75 Å². The number of hydrogen-bond donors (Lipinski definition) is 1. The highest BCUT2D eigenvalue weighted by molar-refractivity contribution is 8.27. The Kier molecular flexibility index (Phi) is 6.90. The molecule has 1 N–H and O–H groups in total. The van der Waals surface area contributed by atoms with Crippen molar-refractivity contribution < 1.29 is 14.3 Å². The molecule has 0 radical (unpaired) electrons. The molecule has 0 unspecified atom stereocenters. The Labute approximate surface area is 200 Å². The van der Waals surface area contributed by atoms with Crippen LogP contribution in [0, 0.1) is 0 Å². The van der Waals surface area contributed by atoms with E-state index >= 15 is 0 Å². The van der Waals surface area contributed by atoms with Gasteiger partial charge in [0.15, 0.2) is 10.9 Å². The van der Waals surface area contributed by atoms with Gasteiger partial charge in [0.25, 0.3) is 11.8 Å². The fourth-order valence-corrected chi connectivity index (χ4v) is 4.38. The number of thioether (sulfide) groups is 1. The number of thiocarbonyl (C=S) groups is 1. The van der Waals surface area contributed by atoms with Gasteiger partial charge in [0.05, 0.1) is 10.6 Å². The van der Waals surface area contributed by atoms with Crippen molar-refractivity contribution in [3.05, 3.63) is 94.4 Å². The Balaban J connectivity index is 1.37. The lowest BCUT2D eigenvalue weighted by Crippen LogP contribution is -2.27. The molecular formula is C24H17ClN2O3S2. The van der Waals surface area contributed by atoms with Crippen LogP contribution in [-0.2, 0) is 9.59 Å². The average molecular weight is 481 g/mol. The predicted octanol–water partition coefficient (Wildman–Crippen LogP) is 5.76. The number of nitrogens with zero attached hydrogens (tertiary/aromatic N) is 1. The fourth-order valence-electron chi connectivity index (χ4n) is 2.96. The van der Waals surface area contributed by atoms with E-state index in [1.165, 1.54) is 16.7 Å². The van der Waals surface area contributed by atoms with Gasteiger partial charge >= 0.3 is 0 Å². The average Bonchev–Trinajstić information content (AvgIpc) is 3.07. The third kappa shape index (κ3) is 5.37. The number of amides is 2. The minimum atomic E-state index is -0.244. The molecular weight excluding hydrogens is 464 g/mol. The fraction of sp³-hybridized carbons (Fsp3) is 0.0417. The molecule has 0 atom stereocenters. The number of halogens is 1. The Bertz CT molecular complexity index is 1180. The minimum Gasteiger partial charge on any atom is -0.484 e. The maximum absolute atomic E-state index is 12.8. The van der Waals surface area contributed by atoms with Crippen LogP contribution in [-0.4, -0.2) is 22.7 Å². The summed E-state index contributed by atoms with van der Waals surface area (Å²) in [5, 5.41) is 3.36. The third-order valence-electron chi connectivity index (χ3n) is 4.48. The van der Waals surface area contributed by atoms with Crippen molar-refractivity contribution in [3.63, 3.8) is 0 Å². The number of carbonyl (C=O) groups is 2. The van der Waals surface area contributed by atoms with Crippen LogP contribution >= 0.6 is 35.6 Å². The Morgan fingerprint density at radius 3 is 2.41 bits per heavy atom. The van der Waals surface area contributed by atoms with Gasteiger partial charge in [-0.1, -0.05) is 65.9 Å². The molecule has 0 bridgehead atoms. The van der Waals surface area contributed by atoms with Crippen LogP contribution in [0.5, 0.6) is 5.75 Å². The molecule has 1 fully saturated rings. The van der Waals surface area contributed by atoms with E-state index in [-0.39, 0.29) is 18.4 Å². The minimum absolute atomic E-state index is 0.103. The van der Waals surface area contributed by atoms with Crippen LogP contribution in [0.4, 0.5) is 11.4 Å². The number of para-hydroxylation sites is 1. The van der Waals surface area contributed by atoms with Crippen molar-refractivity contribution >= 4 is 69.2 Å². The topological polar surface area (TPSA) is 58.6 Å². The maximum atomic E-state index is 12.8. The summed E-state index contributed by atoms with van der Waals surface area (Å²) in [5.41, 5.74) is 2.22. The molecule has 32 heavy (non-hydrogen) atoms. The molecule has 1 saturated heterocycles. The molecule has 160 valence electrons. The number of ether oxygens (including phenoxy) is 1. The number of anilines is 2. The molecule has 5 nitrogen and oxygen atoms in total. The van der Waals surface area contributed by atoms with Crippen LogP contribution in [0.3, 0.4) is 0 Å². The van der Waals surface area contributed by atoms with E-state index in [2.05, 4.69) is 5.32 Å². The van der Waals surface area contributed by atoms with E-state index in [4.69, 9.17) is 28.6 Å².